The second-order valence-electron chi connectivity index (χ2n) is 6.42. The summed E-state index contributed by atoms with van der Waals surface area (Å²) in [7, 11) is 0. The number of amides is 2. The van der Waals surface area contributed by atoms with E-state index in [1.807, 2.05) is 9.80 Å². The van der Waals surface area contributed by atoms with Crippen molar-refractivity contribution in [2.75, 3.05) is 45.9 Å². The molecule has 0 aromatic rings. The van der Waals surface area contributed by atoms with Gasteiger partial charge in [-0.25, -0.2) is 0 Å². The van der Waals surface area contributed by atoms with Gasteiger partial charge in [0.25, 0.3) is 0 Å². The number of hydrogen-bond donors (Lipinski definition) is 1. The van der Waals surface area contributed by atoms with E-state index in [1.54, 1.807) is 0 Å². The Hall–Kier alpha value is -1.14. The molecule has 1 N–H and O–H groups in total. The number of rotatable bonds is 4. The van der Waals surface area contributed by atoms with Gasteiger partial charge in [0, 0.05) is 45.2 Å². The molecule has 0 spiro atoms. The lowest BCUT2D eigenvalue weighted by Gasteiger charge is -2.24. The van der Waals surface area contributed by atoms with Crippen LogP contribution in [-0.4, -0.2) is 83.5 Å². The maximum Gasteiger partial charge on any atom is 0.228 e. The monoisotopic (exact) mass is 295 g/mol. The second-order valence-corrected chi connectivity index (χ2v) is 6.42. The number of β-amino-alcohol motifs (C(OH)–C–C–N with tert-alkyl or cyclic N) is 1. The molecular formula is C15H25N3O3. The Morgan fingerprint density at radius 1 is 1.19 bits per heavy atom. The highest BCUT2D eigenvalue weighted by molar-refractivity contribution is 5.89. The Bertz CT molecular complexity index is 411. The zero-order valence-electron chi connectivity index (χ0n) is 12.5. The lowest BCUT2D eigenvalue weighted by atomic mass is 10.1. The van der Waals surface area contributed by atoms with Crippen molar-refractivity contribution in [1.29, 1.82) is 0 Å². The van der Waals surface area contributed by atoms with Crippen LogP contribution in [0.5, 0.6) is 0 Å². The minimum atomic E-state index is -0.137. The van der Waals surface area contributed by atoms with E-state index in [-0.39, 0.29) is 24.3 Å². The third-order valence-electron chi connectivity index (χ3n) is 4.81. The van der Waals surface area contributed by atoms with Crippen LogP contribution in [0, 0.1) is 5.92 Å². The van der Waals surface area contributed by atoms with Gasteiger partial charge in [-0.15, -0.1) is 0 Å². The standard InChI is InChI=1S/C15H25N3O3/c19-9-8-16-4-1-5-17(7-6-16)15(21)12-10-14(20)18(11-12)13-2-3-13/h12-13,19H,1-11H2. The topological polar surface area (TPSA) is 64.1 Å². The van der Waals surface area contributed by atoms with E-state index in [9.17, 15) is 9.59 Å². The molecule has 1 aliphatic carbocycles. The van der Waals surface area contributed by atoms with Crippen molar-refractivity contribution in [1.82, 2.24) is 14.7 Å². The molecule has 118 valence electrons. The number of nitrogens with zero attached hydrogens (tertiary/aromatic N) is 3. The van der Waals surface area contributed by atoms with E-state index < -0.39 is 0 Å². The van der Waals surface area contributed by atoms with Crippen molar-refractivity contribution in [3.05, 3.63) is 0 Å². The van der Waals surface area contributed by atoms with Crippen LogP contribution in [-0.2, 0) is 9.59 Å². The number of likely N-dealkylation sites (tertiary alicyclic amines) is 1. The largest absolute Gasteiger partial charge is 0.395 e. The van der Waals surface area contributed by atoms with Crippen LogP contribution in [0.1, 0.15) is 25.7 Å². The van der Waals surface area contributed by atoms with Gasteiger partial charge in [-0.2, -0.15) is 0 Å². The number of hydrogen-bond acceptors (Lipinski definition) is 4. The maximum absolute atomic E-state index is 12.6. The third-order valence-corrected chi connectivity index (χ3v) is 4.81. The molecule has 0 aromatic heterocycles. The van der Waals surface area contributed by atoms with E-state index in [0.29, 0.717) is 32.1 Å². The van der Waals surface area contributed by atoms with Crippen molar-refractivity contribution < 1.29 is 14.7 Å². The molecule has 2 aliphatic heterocycles. The van der Waals surface area contributed by atoms with E-state index in [1.165, 1.54) is 0 Å². The molecule has 2 heterocycles. The highest BCUT2D eigenvalue weighted by atomic mass is 16.3. The van der Waals surface area contributed by atoms with Gasteiger partial charge >= 0.3 is 0 Å². The Morgan fingerprint density at radius 2 is 2.00 bits per heavy atom. The Labute approximate surface area is 125 Å². The van der Waals surface area contributed by atoms with Crippen molar-refractivity contribution in [3.8, 4) is 0 Å². The normalized spacial score (nSPS) is 28.0. The first-order chi connectivity index (χ1) is 10.2. The summed E-state index contributed by atoms with van der Waals surface area (Å²) < 4.78 is 0. The van der Waals surface area contributed by atoms with Crippen LogP contribution in [0.15, 0.2) is 0 Å². The number of carbonyl (C=O) groups is 2. The number of aliphatic hydroxyl groups is 1. The fourth-order valence-electron chi connectivity index (χ4n) is 3.45. The Morgan fingerprint density at radius 3 is 2.71 bits per heavy atom. The fraction of sp³-hybridized carbons (Fsp3) is 0.867. The van der Waals surface area contributed by atoms with Gasteiger partial charge in [-0.05, 0) is 25.8 Å². The van der Waals surface area contributed by atoms with Crippen molar-refractivity contribution >= 4 is 11.8 Å². The predicted octanol–water partition coefficient (Wildman–Crippen LogP) is -0.476. The first-order valence-corrected chi connectivity index (χ1v) is 8.10. The molecule has 6 nitrogen and oxygen atoms in total. The lowest BCUT2D eigenvalue weighted by Crippen LogP contribution is -2.40. The van der Waals surface area contributed by atoms with E-state index in [0.717, 1.165) is 38.9 Å². The SMILES string of the molecule is O=C(C1CC(=O)N(C2CC2)C1)N1CCCN(CCO)CC1. The molecule has 0 radical (unpaired) electrons. The predicted molar refractivity (Wildman–Crippen MR) is 77.6 cm³/mol. The van der Waals surface area contributed by atoms with Gasteiger partial charge in [0.05, 0.1) is 12.5 Å². The number of aliphatic hydroxyl groups excluding tert-OH is 1. The summed E-state index contributed by atoms with van der Waals surface area (Å²) in [5.74, 6) is 0.174. The quantitative estimate of drug-likeness (QED) is 0.761. The summed E-state index contributed by atoms with van der Waals surface area (Å²) in [5, 5.41) is 9.01. The van der Waals surface area contributed by atoms with Crippen molar-refractivity contribution in [2.45, 2.75) is 31.7 Å². The van der Waals surface area contributed by atoms with Gasteiger partial charge in [0.15, 0.2) is 0 Å². The zero-order chi connectivity index (χ0) is 14.8. The average Bonchev–Trinajstić information content (AvgIpc) is 3.26. The van der Waals surface area contributed by atoms with Crippen LogP contribution in [0.2, 0.25) is 0 Å². The van der Waals surface area contributed by atoms with E-state index >= 15 is 0 Å². The molecule has 1 saturated carbocycles. The molecule has 6 heteroatoms. The first kappa shape index (κ1) is 14.8. The van der Waals surface area contributed by atoms with Crippen LogP contribution in [0.3, 0.4) is 0 Å². The third kappa shape index (κ3) is 3.37. The van der Waals surface area contributed by atoms with Gasteiger partial charge in [-0.1, -0.05) is 0 Å². The van der Waals surface area contributed by atoms with Gasteiger partial charge in [0.1, 0.15) is 0 Å². The molecule has 2 amide bonds. The summed E-state index contributed by atoms with van der Waals surface area (Å²) >= 11 is 0. The molecule has 1 atom stereocenters. The Kier molecular flexibility index (Phi) is 4.45. The van der Waals surface area contributed by atoms with Crippen molar-refractivity contribution in [3.63, 3.8) is 0 Å². The van der Waals surface area contributed by atoms with Gasteiger partial charge < -0.3 is 14.9 Å². The maximum atomic E-state index is 12.6. The summed E-state index contributed by atoms with van der Waals surface area (Å²) in [5.41, 5.74) is 0. The molecule has 0 bridgehead atoms. The van der Waals surface area contributed by atoms with Crippen LogP contribution in [0.4, 0.5) is 0 Å². The van der Waals surface area contributed by atoms with Gasteiger partial charge in [-0.3, -0.25) is 14.5 Å². The zero-order valence-corrected chi connectivity index (χ0v) is 12.5. The minimum absolute atomic E-state index is 0.137. The molecular weight excluding hydrogens is 270 g/mol. The van der Waals surface area contributed by atoms with Crippen LogP contribution < -0.4 is 0 Å². The summed E-state index contributed by atoms with van der Waals surface area (Å²) in [6.07, 6.45) is 3.55. The average molecular weight is 295 g/mol. The highest BCUT2D eigenvalue weighted by Crippen LogP contribution is 2.33. The van der Waals surface area contributed by atoms with Crippen LogP contribution >= 0.6 is 0 Å². The lowest BCUT2D eigenvalue weighted by molar-refractivity contribution is -0.135. The number of carbonyl (C=O) groups excluding carboxylic acids is 2. The molecule has 2 saturated heterocycles. The molecule has 21 heavy (non-hydrogen) atoms. The van der Waals surface area contributed by atoms with Crippen LogP contribution in [0.25, 0.3) is 0 Å². The Balaban J connectivity index is 1.54. The molecule has 0 aromatic carbocycles. The summed E-state index contributed by atoms with van der Waals surface area (Å²) in [6, 6.07) is 0.416. The summed E-state index contributed by atoms with van der Waals surface area (Å²) in [6.45, 7) is 4.71. The second kappa shape index (κ2) is 6.32. The van der Waals surface area contributed by atoms with E-state index in [2.05, 4.69) is 4.90 Å². The fourth-order valence-corrected chi connectivity index (χ4v) is 3.45. The smallest absolute Gasteiger partial charge is 0.228 e. The van der Waals surface area contributed by atoms with Crippen molar-refractivity contribution in [2.24, 2.45) is 5.92 Å². The van der Waals surface area contributed by atoms with E-state index in [4.69, 9.17) is 5.11 Å². The minimum Gasteiger partial charge on any atom is -0.395 e. The molecule has 3 fully saturated rings. The summed E-state index contributed by atoms with van der Waals surface area (Å²) in [4.78, 5) is 30.6. The molecule has 1 unspecified atom stereocenters. The van der Waals surface area contributed by atoms with Gasteiger partial charge in [0.2, 0.25) is 11.8 Å². The highest BCUT2D eigenvalue weighted by Gasteiger charge is 2.42. The molecule has 3 aliphatic rings. The first-order valence-electron chi connectivity index (χ1n) is 8.10. The molecule has 3 rings (SSSR count).